The molecule has 0 saturated carbocycles. The van der Waals surface area contributed by atoms with Gasteiger partial charge in [-0.05, 0) is 49.1 Å². The van der Waals surface area contributed by atoms with Gasteiger partial charge in [0, 0.05) is 4.47 Å². The summed E-state index contributed by atoms with van der Waals surface area (Å²) in [4.78, 5) is 0. The predicted molar refractivity (Wildman–Crippen MR) is 60.5 cm³/mol. The summed E-state index contributed by atoms with van der Waals surface area (Å²) < 4.78 is 6.77. The summed E-state index contributed by atoms with van der Waals surface area (Å²) in [7, 11) is 0. The van der Waals surface area contributed by atoms with Gasteiger partial charge >= 0.3 is 0 Å². The molecule has 0 radical (unpaired) electrons. The van der Waals surface area contributed by atoms with E-state index in [2.05, 4.69) is 22.0 Å². The van der Waals surface area contributed by atoms with E-state index in [1.165, 1.54) is 5.56 Å². The lowest BCUT2D eigenvalue weighted by atomic mass is 9.97. The van der Waals surface area contributed by atoms with Crippen molar-refractivity contribution in [3.05, 3.63) is 28.2 Å². The molecular weight excluding hydrogens is 242 g/mol. The molecule has 1 aliphatic rings. The molecule has 0 amide bonds. The van der Waals surface area contributed by atoms with E-state index in [0.29, 0.717) is 5.92 Å². The van der Waals surface area contributed by atoms with Gasteiger partial charge in [-0.25, -0.2) is 0 Å². The molecule has 2 nitrogen and oxygen atoms in total. The Balaban J connectivity index is 2.28. The average molecular weight is 256 g/mol. The minimum atomic E-state index is 0.561. The average Bonchev–Trinajstić information content (AvgIpc) is 2.38. The molecule has 1 aromatic rings. The van der Waals surface area contributed by atoms with Crippen LogP contribution in [0.1, 0.15) is 12.0 Å². The van der Waals surface area contributed by atoms with Crippen molar-refractivity contribution in [1.82, 2.24) is 0 Å². The van der Waals surface area contributed by atoms with Gasteiger partial charge in [0.2, 0.25) is 0 Å². The minimum Gasteiger partial charge on any atom is -0.493 e. The Kier molecular flexibility index (Phi) is 3.08. The van der Waals surface area contributed by atoms with E-state index in [9.17, 15) is 0 Å². The zero-order valence-electron chi connectivity index (χ0n) is 8.00. The Hall–Kier alpha value is -0.540. The van der Waals surface area contributed by atoms with Gasteiger partial charge in [0.15, 0.2) is 0 Å². The molecular formula is C11H14BrNO. The SMILES string of the molecule is NCC1CCOc2ccc(Br)cc2C1. The van der Waals surface area contributed by atoms with Crippen LogP contribution < -0.4 is 10.5 Å². The Morgan fingerprint density at radius 3 is 3.14 bits per heavy atom. The number of fused-ring (bicyclic) bond motifs is 1. The summed E-state index contributed by atoms with van der Waals surface area (Å²) in [5.41, 5.74) is 6.97. The zero-order chi connectivity index (χ0) is 9.97. The van der Waals surface area contributed by atoms with Gasteiger partial charge < -0.3 is 10.5 Å². The third-order valence-corrected chi connectivity index (χ3v) is 3.14. The number of hydrogen-bond acceptors (Lipinski definition) is 2. The van der Waals surface area contributed by atoms with Crippen LogP contribution >= 0.6 is 15.9 Å². The molecule has 0 aliphatic carbocycles. The highest BCUT2D eigenvalue weighted by Gasteiger charge is 2.16. The molecule has 0 fully saturated rings. The summed E-state index contributed by atoms with van der Waals surface area (Å²) in [6.45, 7) is 1.53. The second-order valence-electron chi connectivity index (χ2n) is 3.70. The Morgan fingerprint density at radius 1 is 1.50 bits per heavy atom. The fourth-order valence-electron chi connectivity index (χ4n) is 1.80. The fraction of sp³-hybridized carbons (Fsp3) is 0.455. The first-order valence-electron chi connectivity index (χ1n) is 4.91. The van der Waals surface area contributed by atoms with Crippen molar-refractivity contribution in [2.45, 2.75) is 12.8 Å². The highest BCUT2D eigenvalue weighted by molar-refractivity contribution is 9.10. The van der Waals surface area contributed by atoms with Gasteiger partial charge in [-0.3, -0.25) is 0 Å². The highest BCUT2D eigenvalue weighted by atomic mass is 79.9. The molecule has 0 spiro atoms. The molecule has 1 unspecified atom stereocenters. The largest absolute Gasteiger partial charge is 0.493 e. The monoisotopic (exact) mass is 255 g/mol. The molecule has 76 valence electrons. The van der Waals surface area contributed by atoms with E-state index in [-0.39, 0.29) is 0 Å². The standard InChI is InChI=1S/C11H14BrNO/c12-10-1-2-11-9(6-10)5-8(7-13)3-4-14-11/h1-2,6,8H,3-5,7,13H2. The zero-order valence-corrected chi connectivity index (χ0v) is 9.59. The van der Waals surface area contributed by atoms with Crippen LogP contribution in [-0.2, 0) is 6.42 Å². The lowest BCUT2D eigenvalue weighted by molar-refractivity contribution is 0.296. The van der Waals surface area contributed by atoms with Gasteiger partial charge in [0.1, 0.15) is 5.75 Å². The van der Waals surface area contributed by atoms with E-state index < -0.39 is 0 Å². The van der Waals surface area contributed by atoms with Crippen molar-refractivity contribution >= 4 is 15.9 Å². The quantitative estimate of drug-likeness (QED) is 0.837. The normalized spacial score (nSPS) is 20.9. The van der Waals surface area contributed by atoms with Gasteiger partial charge in [-0.2, -0.15) is 0 Å². The van der Waals surface area contributed by atoms with Crippen molar-refractivity contribution in [2.24, 2.45) is 11.7 Å². The molecule has 0 aromatic heterocycles. The van der Waals surface area contributed by atoms with E-state index in [0.717, 1.165) is 36.2 Å². The predicted octanol–water partition coefficient (Wildman–Crippen LogP) is 2.35. The van der Waals surface area contributed by atoms with Crippen LogP contribution in [0.3, 0.4) is 0 Å². The van der Waals surface area contributed by atoms with Crippen LogP contribution in [0, 0.1) is 5.92 Å². The third-order valence-electron chi connectivity index (χ3n) is 2.65. The number of halogens is 1. The highest BCUT2D eigenvalue weighted by Crippen LogP contribution is 2.29. The van der Waals surface area contributed by atoms with Gasteiger partial charge in [-0.1, -0.05) is 15.9 Å². The van der Waals surface area contributed by atoms with Gasteiger partial charge in [-0.15, -0.1) is 0 Å². The lowest BCUT2D eigenvalue weighted by Gasteiger charge is -2.09. The van der Waals surface area contributed by atoms with Crippen LogP contribution in [0.2, 0.25) is 0 Å². The summed E-state index contributed by atoms with van der Waals surface area (Å²) >= 11 is 3.47. The van der Waals surface area contributed by atoms with Crippen molar-refractivity contribution in [3.8, 4) is 5.75 Å². The molecule has 1 aliphatic heterocycles. The second-order valence-corrected chi connectivity index (χ2v) is 4.61. The topological polar surface area (TPSA) is 35.2 Å². The second kappa shape index (κ2) is 4.32. The third kappa shape index (κ3) is 2.10. The molecule has 1 atom stereocenters. The first-order chi connectivity index (χ1) is 6.79. The van der Waals surface area contributed by atoms with E-state index in [4.69, 9.17) is 10.5 Å². The van der Waals surface area contributed by atoms with Crippen molar-refractivity contribution in [2.75, 3.05) is 13.2 Å². The number of nitrogens with two attached hydrogens (primary N) is 1. The first kappa shape index (κ1) is 9.99. The summed E-state index contributed by atoms with van der Waals surface area (Å²) in [5.74, 6) is 1.58. The summed E-state index contributed by atoms with van der Waals surface area (Å²) in [6, 6.07) is 6.17. The lowest BCUT2D eigenvalue weighted by Crippen LogP contribution is -2.17. The Labute approximate surface area is 92.6 Å². The molecule has 3 heteroatoms. The Morgan fingerprint density at radius 2 is 2.36 bits per heavy atom. The Bertz CT molecular complexity index is 327. The molecule has 0 bridgehead atoms. The van der Waals surface area contributed by atoms with Crippen molar-refractivity contribution in [1.29, 1.82) is 0 Å². The summed E-state index contributed by atoms with van der Waals surface area (Å²) in [5, 5.41) is 0. The minimum absolute atomic E-state index is 0.561. The summed E-state index contributed by atoms with van der Waals surface area (Å²) in [6.07, 6.45) is 2.09. The maximum absolute atomic E-state index is 5.70. The van der Waals surface area contributed by atoms with Crippen LogP contribution in [0.25, 0.3) is 0 Å². The van der Waals surface area contributed by atoms with Crippen LogP contribution in [0.15, 0.2) is 22.7 Å². The number of hydrogen-bond donors (Lipinski definition) is 1. The van der Waals surface area contributed by atoms with E-state index in [1.54, 1.807) is 0 Å². The number of ether oxygens (including phenoxy) is 1. The van der Waals surface area contributed by atoms with Crippen LogP contribution in [0.5, 0.6) is 5.75 Å². The van der Waals surface area contributed by atoms with Crippen LogP contribution in [0.4, 0.5) is 0 Å². The number of benzene rings is 1. The number of rotatable bonds is 1. The van der Waals surface area contributed by atoms with Crippen LogP contribution in [-0.4, -0.2) is 13.2 Å². The molecule has 2 N–H and O–H groups in total. The molecule has 1 aromatic carbocycles. The van der Waals surface area contributed by atoms with Gasteiger partial charge in [0.25, 0.3) is 0 Å². The van der Waals surface area contributed by atoms with Crippen molar-refractivity contribution < 1.29 is 4.74 Å². The van der Waals surface area contributed by atoms with Gasteiger partial charge in [0.05, 0.1) is 6.61 Å². The van der Waals surface area contributed by atoms with E-state index >= 15 is 0 Å². The molecule has 2 rings (SSSR count). The smallest absolute Gasteiger partial charge is 0.122 e. The maximum Gasteiger partial charge on any atom is 0.122 e. The molecule has 1 heterocycles. The molecule has 14 heavy (non-hydrogen) atoms. The fourth-order valence-corrected chi connectivity index (χ4v) is 2.21. The van der Waals surface area contributed by atoms with Crippen molar-refractivity contribution in [3.63, 3.8) is 0 Å². The molecule has 0 saturated heterocycles. The first-order valence-corrected chi connectivity index (χ1v) is 5.70. The maximum atomic E-state index is 5.70. The van der Waals surface area contributed by atoms with E-state index in [1.807, 2.05) is 12.1 Å².